The highest BCUT2D eigenvalue weighted by Crippen LogP contribution is 2.25. The molecule has 0 aromatic carbocycles. The van der Waals surface area contributed by atoms with E-state index in [1.165, 1.54) is 44.2 Å². The largest absolute Gasteiger partial charge is 0.388 e. The Morgan fingerprint density at radius 2 is 2.14 bits per heavy atom. The van der Waals surface area contributed by atoms with E-state index < -0.39 is 0 Å². The zero-order valence-electron chi connectivity index (χ0n) is 13.2. The molecular weight excluding hydrogens is 278 g/mol. The van der Waals surface area contributed by atoms with Crippen molar-refractivity contribution in [1.29, 1.82) is 0 Å². The summed E-state index contributed by atoms with van der Waals surface area (Å²) in [5.74, 6) is 0.749. The van der Waals surface area contributed by atoms with Crippen molar-refractivity contribution in [3.05, 3.63) is 29.6 Å². The second-order valence-electron chi connectivity index (χ2n) is 6.50. The molecule has 1 fully saturated rings. The van der Waals surface area contributed by atoms with Crippen LogP contribution in [0.2, 0.25) is 0 Å². The van der Waals surface area contributed by atoms with Crippen LogP contribution in [0.5, 0.6) is 0 Å². The normalized spacial score (nSPS) is 16.0. The lowest BCUT2D eigenvalue weighted by Gasteiger charge is -2.29. The third-order valence-electron chi connectivity index (χ3n) is 4.30. The summed E-state index contributed by atoms with van der Waals surface area (Å²) in [5.41, 5.74) is 7.69. The molecule has 0 aliphatic heterocycles. The predicted molar refractivity (Wildman–Crippen MR) is 92.2 cm³/mol. The molecule has 0 radical (unpaired) electrons. The van der Waals surface area contributed by atoms with Gasteiger partial charge in [0.05, 0.1) is 5.69 Å². The van der Waals surface area contributed by atoms with Crippen LogP contribution in [0.1, 0.15) is 57.2 Å². The van der Waals surface area contributed by atoms with Crippen molar-refractivity contribution in [3.8, 4) is 0 Å². The van der Waals surface area contributed by atoms with Gasteiger partial charge >= 0.3 is 0 Å². The Labute approximate surface area is 133 Å². The first-order chi connectivity index (χ1) is 10.1. The standard InChI is InChI=1S/C17H27N3S/c1-13(2)8-10-20(15-5-3-4-6-15)12-14-7-9-19-16(11-14)17(18)21/h7,9,11,13,15H,3-6,8,10,12H2,1-2H3,(H2,18,21). The minimum atomic E-state index is 0.381. The average Bonchev–Trinajstić information content (AvgIpc) is 2.97. The maximum absolute atomic E-state index is 5.69. The second kappa shape index (κ2) is 7.85. The fourth-order valence-electron chi connectivity index (χ4n) is 3.03. The number of hydrogen-bond donors (Lipinski definition) is 1. The number of nitrogens with zero attached hydrogens (tertiary/aromatic N) is 2. The van der Waals surface area contributed by atoms with Crippen LogP contribution in [-0.2, 0) is 6.54 Å². The SMILES string of the molecule is CC(C)CCN(Cc1ccnc(C(N)=S)c1)C1CCCC1. The first kappa shape index (κ1) is 16.4. The molecule has 1 heterocycles. The maximum Gasteiger partial charge on any atom is 0.122 e. The molecule has 0 bridgehead atoms. The fraction of sp³-hybridized carbons (Fsp3) is 0.647. The summed E-state index contributed by atoms with van der Waals surface area (Å²) < 4.78 is 0. The van der Waals surface area contributed by atoms with E-state index in [1.54, 1.807) is 0 Å². The highest BCUT2D eigenvalue weighted by atomic mass is 32.1. The van der Waals surface area contributed by atoms with Gasteiger partial charge in [-0.15, -0.1) is 0 Å². The quantitative estimate of drug-likeness (QED) is 0.783. The maximum atomic E-state index is 5.69. The van der Waals surface area contributed by atoms with Crippen molar-refractivity contribution < 1.29 is 0 Å². The zero-order chi connectivity index (χ0) is 15.2. The lowest BCUT2D eigenvalue weighted by molar-refractivity contribution is 0.179. The van der Waals surface area contributed by atoms with Crippen LogP contribution in [0.3, 0.4) is 0 Å². The Bertz CT molecular complexity index is 467. The molecule has 4 heteroatoms. The van der Waals surface area contributed by atoms with Gasteiger partial charge in [0.25, 0.3) is 0 Å². The molecule has 0 saturated heterocycles. The summed E-state index contributed by atoms with van der Waals surface area (Å²) in [6.45, 7) is 6.75. The van der Waals surface area contributed by atoms with Gasteiger partial charge in [-0.2, -0.15) is 0 Å². The highest BCUT2D eigenvalue weighted by Gasteiger charge is 2.22. The van der Waals surface area contributed by atoms with Crippen LogP contribution in [0, 0.1) is 5.92 Å². The molecule has 21 heavy (non-hydrogen) atoms. The monoisotopic (exact) mass is 305 g/mol. The minimum Gasteiger partial charge on any atom is -0.388 e. The molecule has 0 unspecified atom stereocenters. The van der Waals surface area contributed by atoms with Crippen molar-refractivity contribution in [2.45, 2.75) is 58.5 Å². The number of aromatic nitrogens is 1. The third-order valence-corrected chi connectivity index (χ3v) is 4.51. The van der Waals surface area contributed by atoms with Gasteiger partial charge in [-0.3, -0.25) is 9.88 Å². The van der Waals surface area contributed by atoms with Crippen LogP contribution < -0.4 is 5.73 Å². The second-order valence-corrected chi connectivity index (χ2v) is 6.94. The molecule has 1 saturated carbocycles. The Kier molecular flexibility index (Phi) is 6.12. The van der Waals surface area contributed by atoms with Crippen LogP contribution in [-0.4, -0.2) is 27.5 Å². The lowest BCUT2D eigenvalue weighted by Crippen LogP contribution is -2.34. The topological polar surface area (TPSA) is 42.2 Å². The number of nitrogens with two attached hydrogens (primary N) is 1. The number of hydrogen-bond acceptors (Lipinski definition) is 3. The molecule has 1 aromatic heterocycles. The number of pyridine rings is 1. The molecule has 0 atom stereocenters. The summed E-state index contributed by atoms with van der Waals surface area (Å²) in [6, 6.07) is 4.86. The summed E-state index contributed by atoms with van der Waals surface area (Å²) in [4.78, 5) is 7.26. The molecule has 1 aliphatic rings. The van der Waals surface area contributed by atoms with Gasteiger partial charge in [-0.25, -0.2) is 0 Å². The Morgan fingerprint density at radius 3 is 2.76 bits per heavy atom. The van der Waals surface area contributed by atoms with E-state index in [-0.39, 0.29) is 0 Å². The van der Waals surface area contributed by atoms with Crippen LogP contribution in [0.4, 0.5) is 0 Å². The molecule has 2 rings (SSSR count). The molecule has 2 N–H and O–H groups in total. The smallest absolute Gasteiger partial charge is 0.122 e. The minimum absolute atomic E-state index is 0.381. The Morgan fingerprint density at radius 1 is 1.43 bits per heavy atom. The van der Waals surface area contributed by atoms with E-state index in [0.717, 1.165) is 24.2 Å². The summed E-state index contributed by atoms with van der Waals surface area (Å²) in [5, 5.41) is 0. The van der Waals surface area contributed by atoms with Crippen molar-refractivity contribution >= 4 is 17.2 Å². The average molecular weight is 305 g/mol. The van der Waals surface area contributed by atoms with Gasteiger partial charge in [0, 0.05) is 18.8 Å². The van der Waals surface area contributed by atoms with Gasteiger partial charge < -0.3 is 5.73 Å². The molecule has 0 spiro atoms. The summed E-state index contributed by atoms with van der Waals surface area (Å²) >= 11 is 5.03. The van der Waals surface area contributed by atoms with Crippen molar-refractivity contribution in [3.63, 3.8) is 0 Å². The first-order valence-electron chi connectivity index (χ1n) is 8.05. The summed E-state index contributed by atoms with van der Waals surface area (Å²) in [6.07, 6.45) is 8.49. The van der Waals surface area contributed by atoms with Crippen molar-refractivity contribution in [1.82, 2.24) is 9.88 Å². The predicted octanol–water partition coefficient (Wildman–Crippen LogP) is 3.51. The van der Waals surface area contributed by atoms with E-state index in [2.05, 4.69) is 29.8 Å². The highest BCUT2D eigenvalue weighted by molar-refractivity contribution is 7.80. The molecule has 0 amide bonds. The van der Waals surface area contributed by atoms with Crippen LogP contribution in [0.15, 0.2) is 18.3 Å². The first-order valence-corrected chi connectivity index (χ1v) is 8.46. The summed E-state index contributed by atoms with van der Waals surface area (Å²) in [7, 11) is 0. The van der Waals surface area contributed by atoms with Crippen LogP contribution >= 0.6 is 12.2 Å². The van der Waals surface area contributed by atoms with Gasteiger partial charge in [0.2, 0.25) is 0 Å². The molecule has 1 aromatic rings. The zero-order valence-corrected chi connectivity index (χ0v) is 14.0. The van der Waals surface area contributed by atoms with E-state index in [4.69, 9.17) is 18.0 Å². The van der Waals surface area contributed by atoms with Crippen molar-refractivity contribution in [2.24, 2.45) is 11.7 Å². The molecule has 1 aliphatic carbocycles. The van der Waals surface area contributed by atoms with Crippen LogP contribution in [0.25, 0.3) is 0 Å². The lowest BCUT2D eigenvalue weighted by atomic mass is 10.1. The van der Waals surface area contributed by atoms with Gasteiger partial charge in [-0.1, -0.05) is 38.9 Å². The molecular formula is C17H27N3S. The van der Waals surface area contributed by atoms with E-state index in [9.17, 15) is 0 Å². The van der Waals surface area contributed by atoms with Gasteiger partial charge in [-0.05, 0) is 49.4 Å². The van der Waals surface area contributed by atoms with Gasteiger partial charge in [0.15, 0.2) is 0 Å². The van der Waals surface area contributed by atoms with E-state index >= 15 is 0 Å². The number of thiocarbonyl (C=S) groups is 1. The molecule has 116 valence electrons. The third kappa shape index (κ3) is 5.04. The van der Waals surface area contributed by atoms with E-state index in [1.807, 2.05) is 12.3 Å². The number of rotatable bonds is 7. The Hall–Kier alpha value is -1.00. The fourth-order valence-corrected chi connectivity index (χ4v) is 3.14. The Balaban J connectivity index is 2.06. The van der Waals surface area contributed by atoms with Gasteiger partial charge in [0.1, 0.15) is 4.99 Å². The van der Waals surface area contributed by atoms with E-state index in [0.29, 0.717) is 4.99 Å². The van der Waals surface area contributed by atoms with Crippen molar-refractivity contribution in [2.75, 3.05) is 6.54 Å². The molecule has 3 nitrogen and oxygen atoms in total.